The molecule has 0 heteroatoms. The van der Waals surface area contributed by atoms with Crippen molar-refractivity contribution in [2.75, 3.05) is 0 Å². The number of benzene rings is 8. The van der Waals surface area contributed by atoms with Crippen molar-refractivity contribution in [1.82, 2.24) is 0 Å². The van der Waals surface area contributed by atoms with Gasteiger partial charge < -0.3 is 0 Å². The molecule has 0 atom stereocenters. The molecule has 44 heavy (non-hydrogen) atoms. The Bertz CT molecular complexity index is 2360. The van der Waals surface area contributed by atoms with Gasteiger partial charge in [-0.15, -0.1) is 0 Å². The predicted octanol–water partition coefficient (Wildman–Crippen LogP) is 12.6. The first-order valence-electron chi connectivity index (χ1n) is 15.1. The topological polar surface area (TPSA) is 0 Å². The lowest BCUT2D eigenvalue weighted by Crippen LogP contribution is -1.91. The molecule has 8 aromatic rings. The normalized spacial score (nSPS) is 11.4. The second-order valence-corrected chi connectivity index (χ2v) is 11.4. The Morgan fingerprint density at radius 3 is 1.36 bits per heavy atom. The smallest absolute Gasteiger partial charge is 0.00262 e. The lowest BCUT2D eigenvalue weighted by Gasteiger charge is -2.18. The highest BCUT2D eigenvalue weighted by Gasteiger charge is 2.17. The van der Waals surface area contributed by atoms with Crippen molar-refractivity contribution in [2.24, 2.45) is 0 Å². The summed E-state index contributed by atoms with van der Waals surface area (Å²) in [6, 6.07) is 53.2. The maximum absolute atomic E-state index is 4.07. The summed E-state index contributed by atoms with van der Waals surface area (Å²) in [5.74, 6) is 0. The first-order valence-corrected chi connectivity index (χ1v) is 15.1. The lowest BCUT2D eigenvalue weighted by molar-refractivity contribution is 1.58. The van der Waals surface area contributed by atoms with Crippen molar-refractivity contribution >= 4 is 55.2 Å². The van der Waals surface area contributed by atoms with Gasteiger partial charge >= 0.3 is 0 Å². The molecule has 0 spiro atoms. The molecule has 0 heterocycles. The third kappa shape index (κ3) is 4.15. The molecule has 206 valence electrons. The Balaban J connectivity index is 1.34. The quantitative estimate of drug-likeness (QED) is 0.184. The molecule has 0 fully saturated rings. The van der Waals surface area contributed by atoms with E-state index in [1.54, 1.807) is 0 Å². The monoisotopic (exact) mass is 558 g/mol. The van der Waals surface area contributed by atoms with Crippen LogP contribution < -0.4 is 0 Å². The van der Waals surface area contributed by atoms with Crippen LogP contribution in [-0.2, 0) is 0 Å². The van der Waals surface area contributed by atoms with E-state index in [0.29, 0.717) is 0 Å². The maximum atomic E-state index is 4.07. The Hall–Kier alpha value is -5.72. The van der Waals surface area contributed by atoms with E-state index in [0.717, 1.165) is 11.1 Å². The van der Waals surface area contributed by atoms with Gasteiger partial charge in [-0.05, 0) is 106 Å². The number of fused-ring (bicyclic) bond motifs is 4. The van der Waals surface area contributed by atoms with Crippen LogP contribution in [0.5, 0.6) is 0 Å². The molecule has 0 radical (unpaired) electrons. The van der Waals surface area contributed by atoms with E-state index in [2.05, 4.69) is 159 Å². The van der Waals surface area contributed by atoms with E-state index in [4.69, 9.17) is 0 Å². The molecule has 0 saturated carbocycles. The fraction of sp³-hybridized carbons (Fsp3) is 0. The summed E-state index contributed by atoms with van der Waals surface area (Å²) in [6.45, 7) is 8.07. The minimum Gasteiger partial charge on any atom is -0.0984 e. The van der Waals surface area contributed by atoms with Crippen LogP contribution in [0.25, 0.3) is 88.6 Å². The number of rotatable bonds is 5. The molecular formula is C44H30. The summed E-state index contributed by atoms with van der Waals surface area (Å²) >= 11 is 0. The first-order chi connectivity index (χ1) is 21.7. The van der Waals surface area contributed by atoms with Gasteiger partial charge in [-0.2, -0.15) is 0 Å². The van der Waals surface area contributed by atoms with Crippen LogP contribution in [0.2, 0.25) is 0 Å². The molecule has 0 aliphatic carbocycles. The molecule has 0 unspecified atom stereocenters. The van der Waals surface area contributed by atoms with Crippen molar-refractivity contribution in [3.05, 3.63) is 170 Å². The zero-order valence-corrected chi connectivity index (χ0v) is 24.4. The standard InChI is InChI=1S/C44H30/c1-3-29-14-11-19-38(37(29)4-2)34-23-21-33-28-36(25-22-32(33)26-34)44-41-17-9-7-15-39(41)43(40-16-8-10-18-42(40)44)35-24-20-30-12-5-6-13-31(30)27-35/h3-28H,1-2H2. The van der Waals surface area contributed by atoms with Crippen LogP contribution in [0, 0.1) is 0 Å². The summed E-state index contributed by atoms with van der Waals surface area (Å²) < 4.78 is 0. The molecular weight excluding hydrogens is 528 g/mol. The fourth-order valence-corrected chi connectivity index (χ4v) is 6.90. The molecule has 0 aliphatic heterocycles. The van der Waals surface area contributed by atoms with E-state index in [9.17, 15) is 0 Å². The molecule has 0 aromatic heterocycles. The highest BCUT2D eigenvalue weighted by molar-refractivity contribution is 6.22. The van der Waals surface area contributed by atoms with Crippen molar-refractivity contribution in [3.8, 4) is 33.4 Å². The average Bonchev–Trinajstić information content (AvgIpc) is 3.09. The van der Waals surface area contributed by atoms with Crippen molar-refractivity contribution < 1.29 is 0 Å². The molecule has 0 saturated heterocycles. The predicted molar refractivity (Wildman–Crippen MR) is 193 cm³/mol. The van der Waals surface area contributed by atoms with Gasteiger partial charge in [0.15, 0.2) is 0 Å². The molecule has 8 rings (SSSR count). The van der Waals surface area contributed by atoms with E-state index in [-0.39, 0.29) is 0 Å². The van der Waals surface area contributed by atoms with E-state index < -0.39 is 0 Å². The van der Waals surface area contributed by atoms with Gasteiger partial charge in [-0.25, -0.2) is 0 Å². The molecule has 0 aliphatic rings. The van der Waals surface area contributed by atoms with Crippen LogP contribution in [0.3, 0.4) is 0 Å². The van der Waals surface area contributed by atoms with Crippen LogP contribution in [0.4, 0.5) is 0 Å². The largest absolute Gasteiger partial charge is 0.0984 e. The molecule has 0 bridgehead atoms. The van der Waals surface area contributed by atoms with E-state index >= 15 is 0 Å². The zero-order chi connectivity index (χ0) is 29.6. The minimum absolute atomic E-state index is 1.10. The van der Waals surface area contributed by atoms with Crippen molar-refractivity contribution in [2.45, 2.75) is 0 Å². The Morgan fingerprint density at radius 2 is 0.818 bits per heavy atom. The summed E-state index contributed by atoms with van der Waals surface area (Å²) in [5, 5.41) is 10.0. The Kier molecular flexibility index (Phi) is 6.21. The maximum Gasteiger partial charge on any atom is -0.00262 e. The zero-order valence-electron chi connectivity index (χ0n) is 24.4. The summed E-state index contributed by atoms with van der Waals surface area (Å²) in [7, 11) is 0. The van der Waals surface area contributed by atoms with Crippen LogP contribution in [0.1, 0.15) is 11.1 Å². The van der Waals surface area contributed by atoms with Gasteiger partial charge in [0.25, 0.3) is 0 Å². The Labute approximate surface area is 257 Å². The van der Waals surface area contributed by atoms with Gasteiger partial charge in [-0.3, -0.25) is 0 Å². The third-order valence-electron chi connectivity index (χ3n) is 8.97. The fourth-order valence-electron chi connectivity index (χ4n) is 6.90. The van der Waals surface area contributed by atoms with Crippen molar-refractivity contribution in [1.29, 1.82) is 0 Å². The van der Waals surface area contributed by atoms with E-state index in [1.165, 1.54) is 76.5 Å². The highest BCUT2D eigenvalue weighted by atomic mass is 14.2. The van der Waals surface area contributed by atoms with Gasteiger partial charge in [0, 0.05) is 0 Å². The highest BCUT2D eigenvalue weighted by Crippen LogP contribution is 2.44. The average molecular weight is 559 g/mol. The number of hydrogen-bond acceptors (Lipinski definition) is 0. The van der Waals surface area contributed by atoms with Crippen molar-refractivity contribution in [3.63, 3.8) is 0 Å². The summed E-state index contributed by atoms with van der Waals surface area (Å²) in [6.07, 6.45) is 3.82. The summed E-state index contributed by atoms with van der Waals surface area (Å²) in [5.41, 5.74) is 9.59. The first kappa shape index (κ1) is 25.9. The lowest BCUT2D eigenvalue weighted by atomic mass is 9.85. The molecule has 0 nitrogen and oxygen atoms in total. The van der Waals surface area contributed by atoms with Crippen LogP contribution in [0.15, 0.2) is 159 Å². The van der Waals surface area contributed by atoms with Crippen LogP contribution >= 0.6 is 0 Å². The Morgan fingerprint density at radius 1 is 0.364 bits per heavy atom. The molecule has 0 amide bonds. The van der Waals surface area contributed by atoms with Crippen LogP contribution in [-0.4, -0.2) is 0 Å². The van der Waals surface area contributed by atoms with Gasteiger partial charge in [0.2, 0.25) is 0 Å². The van der Waals surface area contributed by atoms with E-state index in [1.807, 2.05) is 12.2 Å². The number of hydrogen-bond donors (Lipinski definition) is 0. The molecule has 8 aromatic carbocycles. The second-order valence-electron chi connectivity index (χ2n) is 11.4. The second kappa shape index (κ2) is 10.5. The minimum atomic E-state index is 1.10. The SMILES string of the molecule is C=Cc1cccc(-c2ccc3cc(-c4c5ccccc5c(-c5ccc6ccccc6c5)c5ccccc45)ccc3c2)c1C=C. The van der Waals surface area contributed by atoms with Gasteiger partial charge in [0.1, 0.15) is 0 Å². The third-order valence-corrected chi connectivity index (χ3v) is 8.97. The molecule has 0 N–H and O–H groups in total. The van der Waals surface area contributed by atoms with Gasteiger partial charge in [0.05, 0.1) is 0 Å². The summed E-state index contributed by atoms with van der Waals surface area (Å²) in [4.78, 5) is 0. The van der Waals surface area contributed by atoms with Gasteiger partial charge in [-0.1, -0.05) is 153 Å².